The van der Waals surface area contributed by atoms with Crippen LogP contribution in [0.2, 0.25) is 0 Å². The van der Waals surface area contributed by atoms with Crippen LogP contribution in [0.1, 0.15) is 24.5 Å². The van der Waals surface area contributed by atoms with Gasteiger partial charge in [0.1, 0.15) is 0 Å². The Bertz CT molecular complexity index is 1650. The van der Waals surface area contributed by atoms with Crippen molar-refractivity contribution in [1.29, 1.82) is 0 Å². The summed E-state index contributed by atoms with van der Waals surface area (Å²) < 4.78 is 15.7. The average molecular weight is 527 g/mol. The highest BCUT2D eigenvalue weighted by Gasteiger charge is 2.35. The molecule has 0 saturated carbocycles. The third-order valence-corrected chi connectivity index (χ3v) is 7.48. The number of rotatable bonds is 3. The second-order valence-corrected chi connectivity index (χ2v) is 9.90. The summed E-state index contributed by atoms with van der Waals surface area (Å²) in [6, 6.07) is 15.8. The van der Waals surface area contributed by atoms with Gasteiger partial charge in [-0.15, -0.1) is 0 Å². The molecule has 0 radical (unpaired) electrons. The van der Waals surface area contributed by atoms with Crippen molar-refractivity contribution in [3.8, 4) is 0 Å². The number of carbonyl (C=O) groups is 3. The van der Waals surface area contributed by atoms with E-state index in [1.165, 1.54) is 0 Å². The number of hydrogen-bond acceptors (Lipinski definition) is 5. The van der Waals surface area contributed by atoms with Crippen molar-refractivity contribution in [2.24, 2.45) is 0 Å². The van der Waals surface area contributed by atoms with Gasteiger partial charge in [-0.2, -0.15) is 0 Å². The third kappa shape index (κ3) is 4.38. The molecule has 0 fully saturated rings. The monoisotopic (exact) mass is 526 g/mol. The molecule has 2 aromatic heterocycles. The largest absolute Gasteiger partial charge is 0.450 e. The molecule has 0 spiro atoms. The number of fused-ring (bicyclic) bond motifs is 12. The molecule has 9 nitrogen and oxygen atoms in total. The fourth-order valence-corrected chi connectivity index (χ4v) is 5.67. The van der Waals surface area contributed by atoms with Gasteiger partial charge in [0.25, 0.3) is 11.8 Å². The predicted octanol–water partition coefficient (Wildman–Crippen LogP) is 4.04. The van der Waals surface area contributed by atoms with Crippen LogP contribution in [0.3, 0.4) is 0 Å². The van der Waals surface area contributed by atoms with Gasteiger partial charge in [-0.25, -0.2) is 4.79 Å². The highest BCUT2D eigenvalue weighted by molar-refractivity contribution is 6.50. The number of likely N-dealkylation sites (N-methyl/N-ethyl adjacent to an activating group) is 1. The highest BCUT2D eigenvalue weighted by atomic mass is 16.6. The van der Waals surface area contributed by atoms with Crippen molar-refractivity contribution < 1.29 is 23.9 Å². The zero-order valence-corrected chi connectivity index (χ0v) is 22.0. The van der Waals surface area contributed by atoms with Crippen LogP contribution in [-0.4, -0.2) is 64.9 Å². The number of aryl methyl sites for hydroxylation is 1. The van der Waals surface area contributed by atoms with E-state index in [0.717, 1.165) is 32.9 Å². The molecular weight excluding hydrogens is 496 g/mol. The van der Waals surface area contributed by atoms with Crippen LogP contribution in [0, 0.1) is 0 Å². The fraction of sp³-hybridized carbons (Fsp3) is 0.300. The summed E-state index contributed by atoms with van der Waals surface area (Å²) in [4.78, 5) is 40.4. The van der Waals surface area contributed by atoms with Crippen LogP contribution in [-0.2, 0) is 32.2 Å². The number of nitrogens with zero attached hydrogens (tertiary/aromatic N) is 3. The van der Waals surface area contributed by atoms with Gasteiger partial charge in [0.2, 0.25) is 0 Å². The minimum absolute atomic E-state index is 0.237. The van der Waals surface area contributed by atoms with Gasteiger partial charge in [-0.05, 0) is 25.5 Å². The summed E-state index contributed by atoms with van der Waals surface area (Å²) in [5.74, 6) is -0.778. The van der Waals surface area contributed by atoms with E-state index in [1.54, 1.807) is 18.9 Å². The predicted molar refractivity (Wildman–Crippen MR) is 148 cm³/mol. The first-order chi connectivity index (χ1) is 19.0. The third-order valence-electron chi connectivity index (χ3n) is 7.48. The van der Waals surface area contributed by atoms with Crippen LogP contribution >= 0.6 is 0 Å². The van der Waals surface area contributed by atoms with Gasteiger partial charge in [0, 0.05) is 72.0 Å². The summed E-state index contributed by atoms with van der Waals surface area (Å²) in [6.07, 6.45) is 3.91. The Morgan fingerprint density at radius 2 is 1.51 bits per heavy atom. The number of carbonyl (C=O) groups excluding carboxylic acids is 3. The zero-order chi connectivity index (χ0) is 27.1. The minimum Gasteiger partial charge on any atom is -0.450 e. The van der Waals surface area contributed by atoms with Gasteiger partial charge in [-0.1, -0.05) is 36.4 Å². The van der Waals surface area contributed by atoms with E-state index in [4.69, 9.17) is 9.47 Å². The molecule has 2 aliphatic heterocycles. The molecule has 1 atom stereocenters. The Morgan fingerprint density at radius 1 is 0.949 bits per heavy atom. The molecule has 1 N–H and O–H groups in total. The molecule has 0 saturated heterocycles. The lowest BCUT2D eigenvalue weighted by molar-refractivity contribution is -0.122. The van der Waals surface area contributed by atoms with Gasteiger partial charge in [0.15, 0.2) is 0 Å². The van der Waals surface area contributed by atoms with Crippen LogP contribution in [0.5, 0.6) is 0 Å². The molecule has 3 amide bonds. The molecule has 200 valence electrons. The lowest BCUT2D eigenvalue weighted by Gasteiger charge is -2.24. The number of ether oxygens (including phenoxy) is 2. The Labute approximate surface area is 225 Å². The molecule has 0 unspecified atom stereocenters. The van der Waals surface area contributed by atoms with E-state index in [2.05, 4.69) is 14.5 Å². The molecule has 4 heterocycles. The standard InChI is InChI=1S/C30H30N4O5/c1-3-38-30(37)32(2)16-19-12-13-33-17-22(20-8-4-6-10-24(20)33)26-27(29(36)31-28(26)35)23-18-34(14-15-39-19)25-11-7-5-9-21(23)25/h4-11,17-19H,3,12-16H2,1-2H3,(H,31,35,36)/t19-/m0/s1. The lowest BCUT2D eigenvalue weighted by atomic mass is 9.95. The average Bonchev–Trinajstić information content (AvgIpc) is 3.57. The maximum atomic E-state index is 13.3. The van der Waals surface area contributed by atoms with Crippen LogP contribution in [0.25, 0.3) is 33.0 Å². The van der Waals surface area contributed by atoms with E-state index in [-0.39, 0.29) is 24.0 Å². The van der Waals surface area contributed by atoms with Crippen LogP contribution in [0.4, 0.5) is 4.79 Å². The maximum Gasteiger partial charge on any atom is 0.409 e. The second-order valence-electron chi connectivity index (χ2n) is 9.90. The topological polar surface area (TPSA) is 94.8 Å². The molecule has 4 bridgehead atoms. The molecule has 2 aliphatic rings. The van der Waals surface area contributed by atoms with Gasteiger partial charge >= 0.3 is 6.09 Å². The molecule has 4 aromatic rings. The number of benzene rings is 2. The van der Waals surface area contributed by atoms with E-state index < -0.39 is 0 Å². The van der Waals surface area contributed by atoms with Crippen molar-refractivity contribution in [1.82, 2.24) is 19.4 Å². The van der Waals surface area contributed by atoms with E-state index in [1.807, 2.05) is 60.9 Å². The summed E-state index contributed by atoms with van der Waals surface area (Å²) in [6.45, 7) is 4.04. The van der Waals surface area contributed by atoms with E-state index in [0.29, 0.717) is 50.4 Å². The second kappa shape index (κ2) is 10.1. The fourth-order valence-electron chi connectivity index (χ4n) is 5.67. The van der Waals surface area contributed by atoms with Crippen LogP contribution in [0.15, 0.2) is 60.9 Å². The highest BCUT2D eigenvalue weighted by Crippen LogP contribution is 2.39. The number of amides is 3. The zero-order valence-electron chi connectivity index (χ0n) is 22.0. The van der Waals surface area contributed by atoms with Gasteiger partial charge in [0.05, 0.1) is 30.5 Å². The van der Waals surface area contributed by atoms with Crippen molar-refractivity contribution in [2.45, 2.75) is 32.5 Å². The summed E-state index contributed by atoms with van der Waals surface area (Å²) in [5.41, 5.74) is 4.14. The van der Waals surface area contributed by atoms with Crippen LogP contribution < -0.4 is 5.32 Å². The molecule has 0 aliphatic carbocycles. The first-order valence-corrected chi connectivity index (χ1v) is 13.2. The summed E-state index contributed by atoms with van der Waals surface area (Å²) >= 11 is 0. The van der Waals surface area contributed by atoms with E-state index in [9.17, 15) is 14.4 Å². The van der Waals surface area contributed by atoms with Gasteiger partial charge in [-0.3, -0.25) is 14.9 Å². The summed E-state index contributed by atoms with van der Waals surface area (Å²) in [5, 5.41) is 4.34. The molecule has 39 heavy (non-hydrogen) atoms. The lowest BCUT2D eigenvalue weighted by Crippen LogP contribution is -2.37. The maximum absolute atomic E-state index is 13.3. The smallest absolute Gasteiger partial charge is 0.409 e. The quantitative estimate of drug-likeness (QED) is 0.407. The SMILES string of the molecule is CCOC(=O)N(C)C[C@@H]1CCn2cc(c3ccccc32)C2=C(C(=O)NC2=O)c2cn(c3ccccc23)CCO1. The molecule has 6 rings (SSSR count). The minimum atomic E-state index is -0.390. The Balaban J connectivity index is 1.51. The number of hydrogen-bond donors (Lipinski definition) is 1. The van der Waals surface area contributed by atoms with Crippen molar-refractivity contribution in [3.63, 3.8) is 0 Å². The van der Waals surface area contributed by atoms with Crippen molar-refractivity contribution >= 4 is 50.9 Å². The Morgan fingerprint density at radius 3 is 2.10 bits per heavy atom. The number of aromatic nitrogens is 2. The first kappa shape index (κ1) is 24.9. The molecule has 2 aromatic carbocycles. The number of nitrogens with one attached hydrogen (secondary N) is 1. The van der Waals surface area contributed by atoms with Crippen molar-refractivity contribution in [2.75, 3.05) is 26.8 Å². The summed E-state index contributed by atoms with van der Waals surface area (Å²) in [7, 11) is 1.71. The normalized spacial score (nSPS) is 17.7. The Kier molecular flexibility index (Phi) is 6.44. The Hall–Kier alpha value is -4.37. The van der Waals surface area contributed by atoms with E-state index >= 15 is 0 Å². The molecular formula is C30H30N4O5. The number of imide groups is 1. The number of para-hydroxylation sites is 2. The first-order valence-electron chi connectivity index (χ1n) is 13.2. The molecule has 9 heteroatoms. The van der Waals surface area contributed by atoms with Gasteiger partial charge < -0.3 is 23.5 Å². The van der Waals surface area contributed by atoms with Crippen molar-refractivity contribution in [3.05, 3.63) is 72.1 Å².